The summed E-state index contributed by atoms with van der Waals surface area (Å²) in [5.41, 5.74) is 5.08. The number of nitrogens with zero attached hydrogens (tertiary/aromatic N) is 1. The normalized spacial score (nSPS) is 19.7. The van der Waals surface area contributed by atoms with E-state index in [1.165, 1.54) is 6.07 Å². The van der Waals surface area contributed by atoms with Gasteiger partial charge in [-0.3, -0.25) is 9.59 Å². The highest BCUT2D eigenvalue weighted by atomic mass is 19.1. The minimum absolute atomic E-state index is 0.0234. The van der Waals surface area contributed by atoms with Crippen molar-refractivity contribution >= 4 is 17.5 Å². The predicted molar refractivity (Wildman–Crippen MR) is 57.7 cm³/mol. The molecular formula is C11H11FN2O3. The van der Waals surface area contributed by atoms with Gasteiger partial charge >= 0.3 is 0 Å². The van der Waals surface area contributed by atoms with Crippen LogP contribution in [0.3, 0.4) is 0 Å². The maximum Gasteiger partial charge on any atom is 0.227 e. The van der Waals surface area contributed by atoms with Gasteiger partial charge in [-0.15, -0.1) is 0 Å². The number of nitrogens with two attached hydrogens (primary N) is 1. The maximum atomic E-state index is 13.5. The zero-order valence-electron chi connectivity index (χ0n) is 8.89. The molecule has 0 spiro atoms. The van der Waals surface area contributed by atoms with E-state index in [1.807, 2.05) is 0 Å². The molecule has 1 aromatic carbocycles. The van der Waals surface area contributed by atoms with Crippen molar-refractivity contribution < 1.29 is 19.1 Å². The average molecular weight is 238 g/mol. The molecule has 0 aliphatic carbocycles. The number of halogens is 1. The quantitative estimate of drug-likeness (QED) is 0.780. The third-order valence-corrected chi connectivity index (χ3v) is 2.75. The topological polar surface area (TPSA) is 83.6 Å². The van der Waals surface area contributed by atoms with Crippen molar-refractivity contribution in [3.63, 3.8) is 0 Å². The first-order chi connectivity index (χ1) is 7.99. The van der Waals surface area contributed by atoms with Gasteiger partial charge in [0.25, 0.3) is 0 Å². The lowest BCUT2D eigenvalue weighted by Gasteiger charge is -2.17. The Labute approximate surface area is 96.6 Å². The molecule has 1 unspecified atom stereocenters. The number of rotatable bonds is 2. The fourth-order valence-electron chi connectivity index (χ4n) is 1.84. The van der Waals surface area contributed by atoms with Crippen LogP contribution in [0.15, 0.2) is 18.2 Å². The summed E-state index contributed by atoms with van der Waals surface area (Å²) < 4.78 is 13.5. The summed E-state index contributed by atoms with van der Waals surface area (Å²) in [6, 6.07) is 3.40. The van der Waals surface area contributed by atoms with Crippen molar-refractivity contribution in [2.24, 2.45) is 11.7 Å². The SMILES string of the molecule is NC(=O)C1CC(=O)N(c2cc(O)ccc2F)C1. The van der Waals surface area contributed by atoms with Crippen LogP contribution in [0.2, 0.25) is 0 Å². The summed E-state index contributed by atoms with van der Waals surface area (Å²) in [6.07, 6.45) is -0.0234. The summed E-state index contributed by atoms with van der Waals surface area (Å²) >= 11 is 0. The molecule has 0 bridgehead atoms. The van der Waals surface area contributed by atoms with Crippen LogP contribution < -0.4 is 10.6 Å². The van der Waals surface area contributed by atoms with Gasteiger partial charge in [0.15, 0.2) is 0 Å². The molecule has 1 heterocycles. The zero-order valence-corrected chi connectivity index (χ0v) is 8.89. The van der Waals surface area contributed by atoms with Crippen LogP contribution in [-0.2, 0) is 9.59 Å². The minimum atomic E-state index is -0.624. The molecule has 0 aromatic heterocycles. The van der Waals surface area contributed by atoms with Crippen molar-refractivity contribution in [1.82, 2.24) is 0 Å². The molecule has 0 saturated carbocycles. The Balaban J connectivity index is 2.32. The van der Waals surface area contributed by atoms with E-state index in [1.54, 1.807) is 0 Å². The van der Waals surface area contributed by atoms with Gasteiger partial charge in [0.2, 0.25) is 11.8 Å². The number of benzene rings is 1. The molecule has 1 atom stereocenters. The highest BCUT2D eigenvalue weighted by molar-refractivity contribution is 6.00. The number of carbonyl (C=O) groups is 2. The number of phenols is 1. The highest BCUT2D eigenvalue weighted by Crippen LogP contribution is 2.29. The molecule has 90 valence electrons. The number of amides is 2. The van der Waals surface area contributed by atoms with E-state index in [0.717, 1.165) is 17.0 Å². The van der Waals surface area contributed by atoms with Crippen LogP contribution in [0.1, 0.15) is 6.42 Å². The van der Waals surface area contributed by atoms with Gasteiger partial charge < -0.3 is 15.7 Å². The van der Waals surface area contributed by atoms with Crippen LogP contribution in [0.4, 0.5) is 10.1 Å². The molecular weight excluding hydrogens is 227 g/mol. The van der Waals surface area contributed by atoms with Gasteiger partial charge in [-0.25, -0.2) is 4.39 Å². The van der Waals surface area contributed by atoms with E-state index in [2.05, 4.69) is 0 Å². The molecule has 5 nitrogen and oxygen atoms in total. The molecule has 17 heavy (non-hydrogen) atoms. The number of hydrogen-bond donors (Lipinski definition) is 2. The standard InChI is InChI=1S/C11H11FN2O3/c12-8-2-1-7(15)4-9(8)14-5-6(11(13)17)3-10(14)16/h1-2,4,6,15H,3,5H2,(H2,13,17). The summed E-state index contributed by atoms with van der Waals surface area (Å²) in [5, 5.41) is 9.26. The lowest BCUT2D eigenvalue weighted by Crippen LogP contribution is -2.28. The molecule has 0 radical (unpaired) electrons. The third-order valence-electron chi connectivity index (χ3n) is 2.75. The van der Waals surface area contributed by atoms with E-state index >= 15 is 0 Å². The molecule has 2 amide bonds. The van der Waals surface area contributed by atoms with E-state index in [-0.39, 0.29) is 30.3 Å². The number of phenolic OH excluding ortho intramolecular Hbond substituents is 1. The van der Waals surface area contributed by atoms with Crippen molar-refractivity contribution in [1.29, 1.82) is 0 Å². The molecule has 1 aromatic rings. The van der Waals surface area contributed by atoms with Crippen molar-refractivity contribution in [2.45, 2.75) is 6.42 Å². The van der Waals surface area contributed by atoms with Crippen LogP contribution in [0, 0.1) is 11.7 Å². The van der Waals surface area contributed by atoms with Gasteiger partial charge in [-0.1, -0.05) is 0 Å². The second kappa shape index (κ2) is 4.04. The predicted octanol–water partition coefficient (Wildman–Crippen LogP) is 0.369. The number of carbonyl (C=O) groups excluding carboxylic acids is 2. The fourth-order valence-corrected chi connectivity index (χ4v) is 1.84. The molecule has 1 aliphatic rings. The van der Waals surface area contributed by atoms with Crippen LogP contribution in [0.25, 0.3) is 0 Å². The lowest BCUT2D eigenvalue weighted by atomic mass is 10.1. The fraction of sp³-hybridized carbons (Fsp3) is 0.273. The van der Waals surface area contributed by atoms with E-state index < -0.39 is 17.6 Å². The summed E-state index contributed by atoms with van der Waals surface area (Å²) in [6.45, 7) is 0.0501. The van der Waals surface area contributed by atoms with Gasteiger partial charge in [-0.2, -0.15) is 0 Å². The van der Waals surface area contributed by atoms with Gasteiger partial charge in [0.1, 0.15) is 11.6 Å². The van der Waals surface area contributed by atoms with E-state index in [0.29, 0.717) is 0 Å². The summed E-state index contributed by atoms with van der Waals surface area (Å²) in [5.74, 6) is -2.33. The second-order valence-electron chi connectivity index (χ2n) is 3.94. The Kier molecular flexibility index (Phi) is 2.71. The monoisotopic (exact) mass is 238 g/mol. The summed E-state index contributed by atoms with van der Waals surface area (Å²) in [7, 11) is 0. The molecule has 1 fully saturated rings. The highest BCUT2D eigenvalue weighted by Gasteiger charge is 2.35. The lowest BCUT2D eigenvalue weighted by molar-refractivity contribution is -0.123. The van der Waals surface area contributed by atoms with Crippen LogP contribution >= 0.6 is 0 Å². The first-order valence-corrected chi connectivity index (χ1v) is 5.07. The second-order valence-corrected chi connectivity index (χ2v) is 3.94. The Morgan fingerprint density at radius 1 is 1.53 bits per heavy atom. The smallest absolute Gasteiger partial charge is 0.227 e. The van der Waals surface area contributed by atoms with Crippen molar-refractivity contribution in [3.8, 4) is 5.75 Å². The number of hydrogen-bond acceptors (Lipinski definition) is 3. The Morgan fingerprint density at radius 3 is 2.82 bits per heavy atom. The Morgan fingerprint density at radius 2 is 2.24 bits per heavy atom. The molecule has 1 saturated heterocycles. The Bertz CT molecular complexity index is 490. The van der Waals surface area contributed by atoms with Gasteiger partial charge in [0.05, 0.1) is 11.6 Å². The molecule has 2 rings (SSSR count). The minimum Gasteiger partial charge on any atom is -0.508 e. The van der Waals surface area contributed by atoms with Gasteiger partial charge in [-0.05, 0) is 12.1 Å². The maximum absolute atomic E-state index is 13.5. The zero-order chi connectivity index (χ0) is 12.6. The molecule has 1 aliphatic heterocycles. The number of aromatic hydroxyl groups is 1. The molecule has 6 heteroatoms. The van der Waals surface area contributed by atoms with E-state index in [4.69, 9.17) is 5.73 Å². The molecule has 3 N–H and O–H groups in total. The van der Waals surface area contributed by atoms with Gasteiger partial charge in [0, 0.05) is 19.0 Å². The third kappa shape index (κ3) is 2.06. The summed E-state index contributed by atoms with van der Waals surface area (Å²) in [4.78, 5) is 23.7. The largest absolute Gasteiger partial charge is 0.508 e. The van der Waals surface area contributed by atoms with Crippen molar-refractivity contribution in [2.75, 3.05) is 11.4 Å². The van der Waals surface area contributed by atoms with Crippen LogP contribution in [0.5, 0.6) is 5.75 Å². The van der Waals surface area contributed by atoms with Crippen molar-refractivity contribution in [3.05, 3.63) is 24.0 Å². The average Bonchev–Trinajstić information content (AvgIpc) is 2.64. The number of primary amides is 1. The number of anilines is 1. The first-order valence-electron chi connectivity index (χ1n) is 5.07. The van der Waals surface area contributed by atoms with E-state index in [9.17, 15) is 19.1 Å². The Hall–Kier alpha value is -2.11. The van der Waals surface area contributed by atoms with Crippen LogP contribution in [-0.4, -0.2) is 23.5 Å². The first kappa shape index (κ1) is 11.4.